The number of amides is 3. The number of primary amides is 1. The van der Waals surface area contributed by atoms with Crippen LogP contribution in [0.1, 0.15) is 25.3 Å². The number of alkyl carbamates (subject to hydrolysis) is 1. The molecule has 0 bridgehead atoms. The Morgan fingerprint density at radius 2 is 2.09 bits per heavy atom. The number of ether oxygens (including phenoxy) is 1. The number of nitrogens with zero attached hydrogens (tertiary/aromatic N) is 1. The predicted octanol–water partition coefficient (Wildman–Crippen LogP) is 0.778. The fourth-order valence-electron chi connectivity index (χ4n) is 2.64. The molecule has 7 heteroatoms. The minimum atomic E-state index is -0.630. The Bertz CT molecular complexity index is 576. The van der Waals surface area contributed by atoms with Gasteiger partial charge in [-0.3, -0.25) is 9.59 Å². The smallest absolute Gasteiger partial charge is 0.407 e. The molecule has 1 fully saturated rings. The van der Waals surface area contributed by atoms with Crippen molar-refractivity contribution in [1.82, 2.24) is 10.2 Å². The normalized spacial score (nSPS) is 18.6. The molecule has 1 aliphatic rings. The first-order chi connectivity index (χ1) is 11.0. The fourth-order valence-corrected chi connectivity index (χ4v) is 2.64. The van der Waals surface area contributed by atoms with E-state index >= 15 is 0 Å². The third kappa shape index (κ3) is 4.45. The third-order valence-electron chi connectivity index (χ3n) is 3.78. The van der Waals surface area contributed by atoms with Crippen molar-refractivity contribution in [1.29, 1.82) is 0 Å². The van der Waals surface area contributed by atoms with Crippen LogP contribution in [0.2, 0.25) is 0 Å². The van der Waals surface area contributed by atoms with Gasteiger partial charge in [0.15, 0.2) is 0 Å². The van der Waals surface area contributed by atoms with E-state index in [2.05, 4.69) is 5.32 Å². The van der Waals surface area contributed by atoms with Gasteiger partial charge in [-0.15, -0.1) is 0 Å². The SMILES string of the molecule is CC[C@@H](C(N)=O)N1CC(NC(=O)OCc2ccccc2)CC1=O. The van der Waals surface area contributed by atoms with Crippen LogP contribution < -0.4 is 11.1 Å². The minimum Gasteiger partial charge on any atom is -0.445 e. The van der Waals surface area contributed by atoms with Gasteiger partial charge in [0, 0.05) is 13.0 Å². The van der Waals surface area contributed by atoms with Crippen LogP contribution in [0.25, 0.3) is 0 Å². The molecule has 0 radical (unpaired) electrons. The van der Waals surface area contributed by atoms with Gasteiger partial charge in [0.1, 0.15) is 12.6 Å². The summed E-state index contributed by atoms with van der Waals surface area (Å²) in [6, 6.07) is 8.30. The number of nitrogens with one attached hydrogen (secondary N) is 1. The zero-order valence-corrected chi connectivity index (χ0v) is 13.0. The monoisotopic (exact) mass is 319 g/mol. The molecule has 3 amide bonds. The average molecular weight is 319 g/mol. The van der Waals surface area contributed by atoms with Crippen molar-refractivity contribution in [3.8, 4) is 0 Å². The number of rotatable bonds is 6. The minimum absolute atomic E-state index is 0.143. The fraction of sp³-hybridized carbons (Fsp3) is 0.438. The first-order valence-electron chi connectivity index (χ1n) is 7.57. The lowest BCUT2D eigenvalue weighted by Crippen LogP contribution is -2.46. The number of carbonyl (C=O) groups excluding carboxylic acids is 3. The van der Waals surface area contributed by atoms with Crippen LogP contribution in [0.15, 0.2) is 30.3 Å². The molecule has 1 heterocycles. The second-order valence-corrected chi connectivity index (χ2v) is 5.48. The molecule has 7 nitrogen and oxygen atoms in total. The number of hydrogen-bond acceptors (Lipinski definition) is 4. The largest absolute Gasteiger partial charge is 0.445 e. The van der Waals surface area contributed by atoms with Crippen molar-refractivity contribution in [2.75, 3.05) is 6.54 Å². The van der Waals surface area contributed by atoms with Gasteiger partial charge in [-0.1, -0.05) is 37.3 Å². The van der Waals surface area contributed by atoms with Gasteiger partial charge in [-0.25, -0.2) is 4.79 Å². The maximum atomic E-state index is 12.0. The topological polar surface area (TPSA) is 102 Å². The Morgan fingerprint density at radius 1 is 1.39 bits per heavy atom. The van der Waals surface area contributed by atoms with Crippen molar-refractivity contribution in [3.63, 3.8) is 0 Å². The highest BCUT2D eigenvalue weighted by Gasteiger charge is 2.36. The van der Waals surface area contributed by atoms with Crippen LogP contribution in [-0.4, -0.2) is 41.4 Å². The summed E-state index contributed by atoms with van der Waals surface area (Å²) in [6.07, 6.45) is 0.0110. The third-order valence-corrected chi connectivity index (χ3v) is 3.78. The number of carbonyl (C=O) groups is 3. The van der Waals surface area contributed by atoms with E-state index in [1.807, 2.05) is 30.3 Å². The maximum Gasteiger partial charge on any atom is 0.407 e. The van der Waals surface area contributed by atoms with E-state index in [1.165, 1.54) is 4.90 Å². The Kier molecular flexibility index (Phi) is 5.56. The number of hydrogen-bond donors (Lipinski definition) is 2. The molecule has 1 aromatic carbocycles. The zero-order valence-electron chi connectivity index (χ0n) is 13.0. The van der Waals surface area contributed by atoms with Gasteiger partial charge in [0.05, 0.1) is 6.04 Å². The van der Waals surface area contributed by atoms with E-state index in [1.54, 1.807) is 6.92 Å². The van der Waals surface area contributed by atoms with Gasteiger partial charge in [0.25, 0.3) is 0 Å². The van der Waals surface area contributed by atoms with Crippen molar-refractivity contribution in [3.05, 3.63) is 35.9 Å². The van der Waals surface area contributed by atoms with Crippen LogP contribution in [0.4, 0.5) is 4.79 Å². The molecule has 0 aliphatic carbocycles. The lowest BCUT2D eigenvalue weighted by atomic mass is 10.2. The van der Waals surface area contributed by atoms with Gasteiger partial charge < -0.3 is 20.7 Å². The first-order valence-corrected chi connectivity index (χ1v) is 7.57. The van der Waals surface area contributed by atoms with Gasteiger partial charge >= 0.3 is 6.09 Å². The standard InChI is InChI=1S/C16H21N3O4/c1-2-13(15(17)21)19-9-12(8-14(19)20)18-16(22)23-10-11-6-4-3-5-7-11/h3-7,12-13H,2,8-10H2,1H3,(H2,17,21)(H,18,22)/t12?,13-/m0/s1. The summed E-state index contributed by atoms with van der Waals surface area (Å²) in [7, 11) is 0. The molecule has 0 aromatic heterocycles. The van der Waals surface area contributed by atoms with Crippen LogP contribution in [0, 0.1) is 0 Å². The molecule has 3 N–H and O–H groups in total. The summed E-state index contributed by atoms with van der Waals surface area (Å²) >= 11 is 0. The molecule has 2 atom stereocenters. The highest BCUT2D eigenvalue weighted by Crippen LogP contribution is 2.16. The number of nitrogens with two attached hydrogens (primary N) is 1. The molecular formula is C16H21N3O4. The number of likely N-dealkylation sites (tertiary alicyclic amines) is 1. The number of benzene rings is 1. The summed E-state index contributed by atoms with van der Waals surface area (Å²) < 4.78 is 5.12. The second kappa shape index (κ2) is 7.62. The lowest BCUT2D eigenvalue weighted by molar-refractivity contribution is -0.136. The van der Waals surface area contributed by atoms with E-state index < -0.39 is 18.0 Å². The van der Waals surface area contributed by atoms with Gasteiger partial charge in [-0.2, -0.15) is 0 Å². The molecule has 1 aliphatic heterocycles. The molecular weight excluding hydrogens is 298 g/mol. The second-order valence-electron chi connectivity index (χ2n) is 5.48. The van der Waals surface area contributed by atoms with Crippen LogP contribution in [-0.2, 0) is 20.9 Å². The summed E-state index contributed by atoms with van der Waals surface area (Å²) in [4.78, 5) is 36.6. The predicted molar refractivity (Wildman–Crippen MR) is 83.2 cm³/mol. The Balaban J connectivity index is 1.83. The summed E-state index contributed by atoms with van der Waals surface area (Å²) in [5, 5.41) is 2.65. The summed E-state index contributed by atoms with van der Waals surface area (Å²) in [5.41, 5.74) is 6.18. The van der Waals surface area contributed by atoms with E-state index in [0.717, 1.165) is 5.56 Å². The van der Waals surface area contributed by atoms with Gasteiger partial charge in [-0.05, 0) is 12.0 Å². The molecule has 1 unspecified atom stereocenters. The maximum absolute atomic E-state index is 12.0. The first kappa shape index (κ1) is 16.8. The molecule has 0 spiro atoms. The Hall–Kier alpha value is -2.57. The summed E-state index contributed by atoms with van der Waals surface area (Å²) in [5.74, 6) is -0.725. The zero-order chi connectivity index (χ0) is 16.8. The highest BCUT2D eigenvalue weighted by atomic mass is 16.5. The Labute approximate surface area is 134 Å². The molecule has 0 saturated carbocycles. The molecule has 2 rings (SSSR count). The lowest BCUT2D eigenvalue weighted by Gasteiger charge is -2.24. The van der Waals surface area contributed by atoms with Crippen molar-refractivity contribution < 1.29 is 19.1 Å². The highest BCUT2D eigenvalue weighted by molar-refractivity contribution is 5.88. The molecule has 124 valence electrons. The van der Waals surface area contributed by atoms with E-state index in [-0.39, 0.29) is 31.5 Å². The van der Waals surface area contributed by atoms with Crippen molar-refractivity contribution >= 4 is 17.9 Å². The Morgan fingerprint density at radius 3 is 2.70 bits per heavy atom. The van der Waals surface area contributed by atoms with E-state index in [0.29, 0.717) is 6.42 Å². The van der Waals surface area contributed by atoms with E-state index in [9.17, 15) is 14.4 Å². The summed E-state index contributed by atoms with van der Waals surface area (Å²) in [6.45, 7) is 2.22. The van der Waals surface area contributed by atoms with Gasteiger partial charge in [0.2, 0.25) is 11.8 Å². The molecule has 1 saturated heterocycles. The molecule has 1 aromatic rings. The van der Waals surface area contributed by atoms with Crippen LogP contribution in [0.5, 0.6) is 0 Å². The van der Waals surface area contributed by atoms with Crippen molar-refractivity contribution in [2.24, 2.45) is 5.73 Å². The van der Waals surface area contributed by atoms with Crippen molar-refractivity contribution in [2.45, 2.75) is 38.5 Å². The average Bonchev–Trinajstić information content (AvgIpc) is 2.87. The molecule has 23 heavy (non-hydrogen) atoms. The van der Waals surface area contributed by atoms with Crippen LogP contribution in [0.3, 0.4) is 0 Å². The quantitative estimate of drug-likeness (QED) is 0.809. The van der Waals surface area contributed by atoms with Crippen LogP contribution >= 0.6 is 0 Å². The van der Waals surface area contributed by atoms with E-state index in [4.69, 9.17) is 10.5 Å².